The van der Waals surface area contributed by atoms with Crippen molar-refractivity contribution >= 4 is 22.3 Å². The number of hydrogen-bond donors (Lipinski definition) is 0. The van der Waals surface area contributed by atoms with Gasteiger partial charge in [-0.15, -0.1) is 0 Å². The second kappa shape index (κ2) is 9.99. The van der Waals surface area contributed by atoms with Crippen molar-refractivity contribution in [1.82, 2.24) is 0 Å². The maximum absolute atomic E-state index is 5.27. The number of ether oxygens (including phenoxy) is 1. The molecule has 0 aromatic carbocycles. The van der Waals surface area contributed by atoms with E-state index >= 15 is 0 Å². The van der Waals surface area contributed by atoms with Gasteiger partial charge in [-0.05, 0) is 11.1 Å². The standard InChI is InChI=1S/C11H14BrNO/c1-3-5-9-13-10-14-11(4-2)7-6-8-12/h3-6,8-11H,1-2,7H2/b8-6+,9-5-,13-10?. The molecular formula is C11H14BrNO. The van der Waals surface area contributed by atoms with E-state index in [9.17, 15) is 0 Å². The van der Waals surface area contributed by atoms with Crippen LogP contribution in [0.15, 0.2) is 53.6 Å². The molecule has 14 heavy (non-hydrogen) atoms. The molecule has 0 aromatic heterocycles. The monoisotopic (exact) mass is 255 g/mol. The van der Waals surface area contributed by atoms with Crippen molar-refractivity contribution in [2.75, 3.05) is 0 Å². The molecule has 0 fully saturated rings. The van der Waals surface area contributed by atoms with Gasteiger partial charge in [0.2, 0.25) is 0 Å². The van der Waals surface area contributed by atoms with E-state index in [1.165, 1.54) is 6.40 Å². The van der Waals surface area contributed by atoms with Crippen LogP contribution in [0.4, 0.5) is 0 Å². The summed E-state index contributed by atoms with van der Waals surface area (Å²) in [6.07, 6.45) is 10.8. The molecule has 0 N–H and O–H groups in total. The minimum Gasteiger partial charge on any atom is -0.476 e. The van der Waals surface area contributed by atoms with Crippen LogP contribution in [-0.4, -0.2) is 12.5 Å². The van der Waals surface area contributed by atoms with Gasteiger partial charge in [-0.25, -0.2) is 4.99 Å². The van der Waals surface area contributed by atoms with Gasteiger partial charge < -0.3 is 4.74 Å². The molecule has 0 spiro atoms. The zero-order chi connectivity index (χ0) is 10.6. The first-order valence-corrected chi connectivity index (χ1v) is 5.09. The molecule has 0 heterocycles. The summed E-state index contributed by atoms with van der Waals surface area (Å²) >= 11 is 3.18. The lowest BCUT2D eigenvalue weighted by Crippen LogP contribution is -2.06. The summed E-state index contributed by atoms with van der Waals surface area (Å²) in [5, 5.41) is 0. The van der Waals surface area contributed by atoms with Gasteiger partial charge in [-0.1, -0.05) is 47.3 Å². The molecule has 0 rings (SSSR count). The van der Waals surface area contributed by atoms with E-state index < -0.39 is 0 Å². The average molecular weight is 256 g/mol. The number of halogens is 1. The fraction of sp³-hybridized carbons (Fsp3) is 0.182. The van der Waals surface area contributed by atoms with Crippen molar-refractivity contribution in [2.24, 2.45) is 4.99 Å². The molecule has 0 radical (unpaired) electrons. The molecule has 0 bridgehead atoms. The van der Waals surface area contributed by atoms with Crippen LogP contribution < -0.4 is 0 Å². The summed E-state index contributed by atoms with van der Waals surface area (Å²) in [5.74, 6) is 0. The van der Waals surface area contributed by atoms with Crippen LogP contribution in [0, 0.1) is 0 Å². The summed E-state index contributed by atoms with van der Waals surface area (Å²) in [5.41, 5.74) is 0. The second-order valence-electron chi connectivity index (χ2n) is 2.34. The molecule has 0 aliphatic heterocycles. The maximum Gasteiger partial charge on any atom is 0.174 e. The molecule has 0 amide bonds. The van der Waals surface area contributed by atoms with Crippen LogP contribution in [0.3, 0.4) is 0 Å². The minimum absolute atomic E-state index is 0.0373. The van der Waals surface area contributed by atoms with E-state index in [0.717, 1.165) is 6.42 Å². The first-order chi connectivity index (χ1) is 6.85. The van der Waals surface area contributed by atoms with E-state index in [1.807, 2.05) is 6.08 Å². The smallest absolute Gasteiger partial charge is 0.174 e. The van der Waals surface area contributed by atoms with Gasteiger partial charge in [0.25, 0.3) is 0 Å². The normalized spacial score (nSPS) is 13.8. The SMILES string of the molecule is C=C/C=C\N=COC(C=C)C/C=C/Br. The summed E-state index contributed by atoms with van der Waals surface area (Å²) < 4.78 is 5.27. The highest BCUT2D eigenvalue weighted by atomic mass is 79.9. The Bertz CT molecular complexity index is 244. The van der Waals surface area contributed by atoms with Crippen LogP contribution >= 0.6 is 15.9 Å². The van der Waals surface area contributed by atoms with Crippen LogP contribution in [0.5, 0.6) is 0 Å². The van der Waals surface area contributed by atoms with Crippen LogP contribution in [0.2, 0.25) is 0 Å². The number of hydrogen-bond acceptors (Lipinski definition) is 2. The Morgan fingerprint density at radius 1 is 1.43 bits per heavy atom. The van der Waals surface area contributed by atoms with Crippen molar-refractivity contribution in [2.45, 2.75) is 12.5 Å². The van der Waals surface area contributed by atoms with E-state index in [0.29, 0.717) is 0 Å². The average Bonchev–Trinajstić information content (AvgIpc) is 2.22. The largest absolute Gasteiger partial charge is 0.476 e. The molecule has 1 unspecified atom stereocenters. The van der Waals surface area contributed by atoms with Crippen molar-refractivity contribution in [3.05, 3.63) is 48.6 Å². The van der Waals surface area contributed by atoms with E-state index in [4.69, 9.17) is 4.74 Å². The van der Waals surface area contributed by atoms with Crippen molar-refractivity contribution < 1.29 is 4.74 Å². The van der Waals surface area contributed by atoms with Crippen molar-refractivity contribution in [1.29, 1.82) is 0 Å². The number of nitrogens with zero attached hydrogens (tertiary/aromatic N) is 1. The van der Waals surface area contributed by atoms with E-state index in [1.54, 1.807) is 29.4 Å². The third-order valence-electron chi connectivity index (χ3n) is 1.33. The second-order valence-corrected chi connectivity index (χ2v) is 2.87. The van der Waals surface area contributed by atoms with Gasteiger partial charge in [0.15, 0.2) is 6.40 Å². The van der Waals surface area contributed by atoms with Gasteiger partial charge >= 0.3 is 0 Å². The Hall–Kier alpha value is -1.09. The Labute approximate surface area is 93.5 Å². The third-order valence-corrected chi connectivity index (χ3v) is 1.70. The zero-order valence-electron chi connectivity index (χ0n) is 7.97. The molecule has 3 heteroatoms. The highest BCUT2D eigenvalue weighted by Gasteiger charge is 1.98. The Kier molecular flexibility index (Phi) is 9.22. The first-order valence-electron chi connectivity index (χ1n) is 4.17. The molecule has 0 aliphatic rings. The highest BCUT2D eigenvalue weighted by molar-refractivity contribution is 9.11. The van der Waals surface area contributed by atoms with Gasteiger partial charge in [0.05, 0.1) is 0 Å². The molecule has 76 valence electrons. The van der Waals surface area contributed by atoms with Crippen LogP contribution in [-0.2, 0) is 4.74 Å². The highest BCUT2D eigenvalue weighted by Crippen LogP contribution is 2.00. The molecule has 2 nitrogen and oxygen atoms in total. The van der Waals surface area contributed by atoms with Gasteiger partial charge in [-0.2, -0.15) is 0 Å². The van der Waals surface area contributed by atoms with Crippen LogP contribution in [0.25, 0.3) is 0 Å². The zero-order valence-corrected chi connectivity index (χ0v) is 9.56. The predicted octanol–water partition coefficient (Wildman–Crippen LogP) is 3.58. The van der Waals surface area contributed by atoms with Crippen molar-refractivity contribution in [3.63, 3.8) is 0 Å². The van der Waals surface area contributed by atoms with Gasteiger partial charge in [0, 0.05) is 12.6 Å². The number of aliphatic imine (C=N–C) groups is 1. The van der Waals surface area contributed by atoms with E-state index in [-0.39, 0.29) is 6.10 Å². The van der Waals surface area contributed by atoms with E-state index in [2.05, 4.69) is 34.1 Å². The first kappa shape index (κ1) is 12.9. The number of rotatable bonds is 7. The summed E-state index contributed by atoms with van der Waals surface area (Å²) in [6, 6.07) is 0. The fourth-order valence-electron chi connectivity index (χ4n) is 0.652. The van der Waals surface area contributed by atoms with Crippen LogP contribution in [0.1, 0.15) is 6.42 Å². The Balaban J connectivity index is 3.82. The fourth-order valence-corrected chi connectivity index (χ4v) is 0.868. The van der Waals surface area contributed by atoms with Gasteiger partial charge in [-0.3, -0.25) is 0 Å². The predicted molar refractivity (Wildman–Crippen MR) is 65.6 cm³/mol. The topological polar surface area (TPSA) is 21.6 Å². The molecule has 0 saturated heterocycles. The lowest BCUT2D eigenvalue weighted by molar-refractivity contribution is 0.253. The summed E-state index contributed by atoms with van der Waals surface area (Å²) in [6.45, 7) is 7.18. The Morgan fingerprint density at radius 3 is 2.79 bits per heavy atom. The molecule has 0 aliphatic carbocycles. The lowest BCUT2D eigenvalue weighted by atomic mass is 10.2. The molecule has 0 saturated carbocycles. The number of allylic oxidation sites excluding steroid dienone is 2. The molecular weight excluding hydrogens is 242 g/mol. The maximum atomic E-state index is 5.27. The third kappa shape index (κ3) is 7.55. The van der Waals surface area contributed by atoms with Gasteiger partial charge in [0.1, 0.15) is 6.10 Å². The quantitative estimate of drug-likeness (QED) is 0.295. The van der Waals surface area contributed by atoms with Crippen molar-refractivity contribution in [3.8, 4) is 0 Å². The molecule has 1 atom stereocenters. The lowest BCUT2D eigenvalue weighted by Gasteiger charge is -2.07. The Morgan fingerprint density at radius 2 is 2.21 bits per heavy atom. The summed E-state index contributed by atoms with van der Waals surface area (Å²) in [7, 11) is 0. The summed E-state index contributed by atoms with van der Waals surface area (Å²) in [4.78, 5) is 5.67. The minimum atomic E-state index is -0.0373. The molecule has 0 aromatic rings.